The topological polar surface area (TPSA) is 106 Å². The van der Waals surface area contributed by atoms with Gasteiger partial charge in [-0.2, -0.15) is 0 Å². The molecule has 8 heteroatoms. The first-order valence-electron chi connectivity index (χ1n) is 8.20. The zero-order chi connectivity index (χ0) is 17.8. The molecule has 2 rings (SSSR count). The Morgan fingerprint density at radius 3 is 2.17 bits per heavy atom. The van der Waals surface area contributed by atoms with E-state index in [4.69, 9.17) is 5.73 Å². The zero-order valence-corrected chi connectivity index (χ0v) is 15.6. The number of hydrogen-bond donors (Lipinski definition) is 2. The van der Waals surface area contributed by atoms with Gasteiger partial charge < -0.3 is 5.73 Å². The van der Waals surface area contributed by atoms with E-state index in [0.717, 1.165) is 31.9 Å². The van der Waals surface area contributed by atoms with Crippen molar-refractivity contribution in [3.8, 4) is 0 Å². The SMILES string of the molecule is CS(=O)(=O)Cc1ccc(S(=O)(=O)NC(CN)C2CCCCC2)cc1. The van der Waals surface area contributed by atoms with Crippen LogP contribution in [0.1, 0.15) is 37.7 Å². The Labute approximate surface area is 144 Å². The van der Waals surface area contributed by atoms with E-state index in [2.05, 4.69) is 4.72 Å². The Kier molecular flexibility index (Phi) is 6.41. The molecular weight excluding hydrogens is 348 g/mol. The quantitative estimate of drug-likeness (QED) is 0.751. The fourth-order valence-corrected chi connectivity index (χ4v) is 5.32. The lowest BCUT2D eigenvalue weighted by atomic mass is 9.84. The van der Waals surface area contributed by atoms with Crippen LogP contribution in [0.25, 0.3) is 0 Å². The summed E-state index contributed by atoms with van der Waals surface area (Å²) in [6.45, 7) is 0.274. The summed E-state index contributed by atoms with van der Waals surface area (Å²) >= 11 is 0. The number of sulfone groups is 1. The highest BCUT2D eigenvalue weighted by molar-refractivity contribution is 7.90. The van der Waals surface area contributed by atoms with Gasteiger partial charge in [0.05, 0.1) is 10.6 Å². The molecule has 1 aliphatic carbocycles. The molecule has 6 nitrogen and oxygen atoms in total. The van der Waals surface area contributed by atoms with E-state index < -0.39 is 19.9 Å². The third kappa shape index (κ3) is 5.54. The van der Waals surface area contributed by atoms with Crippen LogP contribution in [0.15, 0.2) is 29.2 Å². The molecule has 0 aliphatic heterocycles. The summed E-state index contributed by atoms with van der Waals surface area (Å²) in [6.07, 6.45) is 6.57. The molecule has 0 saturated heterocycles. The largest absolute Gasteiger partial charge is 0.329 e. The van der Waals surface area contributed by atoms with E-state index in [1.807, 2.05) is 0 Å². The van der Waals surface area contributed by atoms with Crippen LogP contribution in [-0.2, 0) is 25.6 Å². The standard InChI is InChI=1S/C16H26N2O4S2/c1-23(19,20)12-13-7-9-15(10-8-13)24(21,22)18-16(11-17)14-5-3-2-4-6-14/h7-10,14,16,18H,2-6,11-12,17H2,1H3. The Hall–Kier alpha value is -0.960. The molecule has 0 heterocycles. The molecule has 1 fully saturated rings. The summed E-state index contributed by atoms with van der Waals surface area (Å²) in [4.78, 5) is 0.133. The summed E-state index contributed by atoms with van der Waals surface area (Å²) in [5, 5.41) is 0. The number of nitrogens with two attached hydrogens (primary N) is 1. The minimum atomic E-state index is -3.66. The van der Waals surface area contributed by atoms with Crippen molar-refractivity contribution in [2.24, 2.45) is 11.7 Å². The van der Waals surface area contributed by atoms with Crippen LogP contribution >= 0.6 is 0 Å². The Morgan fingerprint density at radius 2 is 1.67 bits per heavy atom. The van der Waals surface area contributed by atoms with Crippen LogP contribution in [-0.4, -0.2) is 35.7 Å². The molecule has 3 N–H and O–H groups in total. The van der Waals surface area contributed by atoms with Crippen molar-refractivity contribution in [3.05, 3.63) is 29.8 Å². The van der Waals surface area contributed by atoms with Crippen molar-refractivity contribution in [3.63, 3.8) is 0 Å². The molecular formula is C16H26N2O4S2. The molecule has 0 amide bonds. The van der Waals surface area contributed by atoms with Gasteiger partial charge in [0.2, 0.25) is 10.0 Å². The normalized spacial score (nSPS) is 18.4. The maximum absolute atomic E-state index is 12.6. The van der Waals surface area contributed by atoms with Gasteiger partial charge in [0, 0.05) is 18.8 Å². The number of nitrogens with one attached hydrogen (secondary N) is 1. The van der Waals surface area contributed by atoms with Gasteiger partial charge in [-0.1, -0.05) is 31.4 Å². The second kappa shape index (κ2) is 7.95. The smallest absolute Gasteiger partial charge is 0.240 e. The Morgan fingerprint density at radius 1 is 1.08 bits per heavy atom. The van der Waals surface area contributed by atoms with E-state index in [9.17, 15) is 16.8 Å². The third-order valence-corrected chi connectivity index (χ3v) is 6.81. The van der Waals surface area contributed by atoms with Gasteiger partial charge in [-0.15, -0.1) is 0 Å². The van der Waals surface area contributed by atoms with Gasteiger partial charge in [-0.3, -0.25) is 0 Å². The second-order valence-corrected chi connectivity index (χ2v) is 10.4. The highest BCUT2D eigenvalue weighted by atomic mass is 32.2. The number of rotatable bonds is 7. The molecule has 1 atom stereocenters. The molecule has 1 saturated carbocycles. The first kappa shape index (κ1) is 19.4. The summed E-state index contributed by atoms with van der Waals surface area (Å²) < 4.78 is 50.4. The predicted octanol–water partition coefficient (Wildman–Crippen LogP) is 1.42. The molecule has 1 aromatic carbocycles. The first-order valence-corrected chi connectivity index (χ1v) is 11.7. The second-order valence-electron chi connectivity index (χ2n) is 6.58. The van der Waals surface area contributed by atoms with E-state index in [0.29, 0.717) is 5.56 Å². The molecule has 1 aliphatic rings. The molecule has 0 aromatic heterocycles. The monoisotopic (exact) mass is 374 g/mol. The molecule has 0 spiro atoms. The van der Waals surface area contributed by atoms with Crippen molar-refractivity contribution in [1.29, 1.82) is 0 Å². The lowest BCUT2D eigenvalue weighted by molar-refractivity contribution is 0.294. The average molecular weight is 375 g/mol. The fourth-order valence-electron chi connectivity index (χ4n) is 3.21. The molecule has 0 radical (unpaired) electrons. The third-order valence-electron chi connectivity index (χ3n) is 4.44. The van der Waals surface area contributed by atoms with Crippen LogP contribution in [0.2, 0.25) is 0 Å². The first-order chi connectivity index (χ1) is 11.2. The van der Waals surface area contributed by atoms with E-state index >= 15 is 0 Å². The minimum Gasteiger partial charge on any atom is -0.329 e. The number of sulfonamides is 1. The van der Waals surface area contributed by atoms with Crippen LogP contribution in [0.3, 0.4) is 0 Å². The van der Waals surface area contributed by atoms with E-state index in [1.165, 1.54) is 30.7 Å². The predicted molar refractivity (Wildman–Crippen MR) is 94.7 cm³/mol. The Bertz CT molecular complexity index is 737. The lowest BCUT2D eigenvalue weighted by Crippen LogP contribution is -2.45. The maximum Gasteiger partial charge on any atom is 0.240 e. The average Bonchev–Trinajstić information content (AvgIpc) is 2.52. The summed E-state index contributed by atoms with van der Waals surface area (Å²) in [5.74, 6) is 0.178. The molecule has 1 aromatic rings. The van der Waals surface area contributed by atoms with Crippen molar-refractivity contribution >= 4 is 19.9 Å². The maximum atomic E-state index is 12.6. The van der Waals surface area contributed by atoms with Crippen molar-refractivity contribution in [2.45, 2.75) is 48.8 Å². The van der Waals surface area contributed by atoms with Crippen LogP contribution in [0.5, 0.6) is 0 Å². The van der Waals surface area contributed by atoms with Gasteiger partial charge in [0.15, 0.2) is 9.84 Å². The van der Waals surface area contributed by atoms with Crippen LogP contribution in [0.4, 0.5) is 0 Å². The van der Waals surface area contributed by atoms with Gasteiger partial charge in [0.25, 0.3) is 0 Å². The van der Waals surface area contributed by atoms with Gasteiger partial charge in [0.1, 0.15) is 0 Å². The summed E-state index contributed by atoms with van der Waals surface area (Å²) in [7, 11) is -6.81. The fraction of sp³-hybridized carbons (Fsp3) is 0.625. The molecule has 24 heavy (non-hydrogen) atoms. The van der Waals surface area contributed by atoms with Crippen molar-refractivity contribution in [2.75, 3.05) is 12.8 Å². The summed E-state index contributed by atoms with van der Waals surface area (Å²) in [6, 6.07) is 5.70. The lowest BCUT2D eigenvalue weighted by Gasteiger charge is -2.29. The highest BCUT2D eigenvalue weighted by Crippen LogP contribution is 2.27. The molecule has 1 unspecified atom stereocenters. The Balaban J connectivity index is 2.11. The summed E-state index contributed by atoms with van der Waals surface area (Å²) in [5.41, 5.74) is 6.36. The van der Waals surface area contributed by atoms with Crippen molar-refractivity contribution in [1.82, 2.24) is 4.72 Å². The van der Waals surface area contributed by atoms with Gasteiger partial charge in [-0.05, 0) is 36.5 Å². The minimum absolute atomic E-state index is 0.103. The molecule has 0 bridgehead atoms. The highest BCUT2D eigenvalue weighted by Gasteiger charge is 2.27. The van der Waals surface area contributed by atoms with Gasteiger partial charge in [-0.25, -0.2) is 21.6 Å². The van der Waals surface area contributed by atoms with Gasteiger partial charge >= 0.3 is 0 Å². The molecule has 136 valence electrons. The number of hydrogen-bond acceptors (Lipinski definition) is 5. The van der Waals surface area contributed by atoms with Crippen molar-refractivity contribution < 1.29 is 16.8 Å². The van der Waals surface area contributed by atoms with Crippen LogP contribution in [0, 0.1) is 5.92 Å². The van der Waals surface area contributed by atoms with Crippen LogP contribution < -0.4 is 10.5 Å². The zero-order valence-electron chi connectivity index (χ0n) is 13.9. The van der Waals surface area contributed by atoms with E-state index in [1.54, 1.807) is 0 Å². The number of benzene rings is 1. The van der Waals surface area contributed by atoms with E-state index in [-0.39, 0.29) is 29.2 Å².